The van der Waals surface area contributed by atoms with Crippen LogP contribution >= 0.6 is 23.2 Å². The average molecular weight is 460 g/mol. The highest BCUT2D eigenvalue weighted by atomic mass is 35.5. The number of carbonyl (C=O) groups is 2. The molecule has 2 aromatic carbocycles. The molecule has 2 aromatic rings. The van der Waals surface area contributed by atoms with Gasteiger partial charge in [-0.3, -0.25) is 14.5 Å². The number of carbonyl (C=O) groups excluding carboxylic acids is 2. The highest BCUT2D eigenvalue weighted by Gasteiger charge is 2.48. The van der Waals surface area contributed by atoms with Crippen LogP contribution in [-0.2, 0) is 9.59 Å². The first kappa shape index (κ1) is 22.4. The molecule has 0 unspecified atom stereocenters. The van der Waals surface area contributed by atoms with Crippen LogP contribution < -0.4 is 15.5 Å². The zero-order valence-electron chi connectivity index (χ0n) is 15.8. The molecule has 5 nitrogen and oxygen atoms in total. The molecule has 0 bridgehead atoms. The fourth-order valence-corrected chi connectivity index (χ4v) is 3.86. The molecule has 0 radical (unpaired) electrons. The summed E-state index contributed by atoms with van der Waals surface area (Å²) >= 11 is 12.0. The second kappa shape index (κ2) is 8.83. The van der Waals surface area contributed by atoms with E-state index in [4.69, 9.17) is 23.2 Å². The summed E-state index contributed by atoms with van der Waals surface area (Å²) in [5.41, 5.74) is 0.792. The molecule has 1 aliphatic heterocycles. The molecule has 0 spiro atoms. The molecule has 0 aliphatic carbocycles. The summed E-state index contributed by atoms with van der Waals surface area (Å²) in [6.45, 7) is 1.33. The van der Waals surface area contributed by atoms with E-state index < -0.39 is 43.0 Å². The topological polar surface area (TPSA) is 61.4 Å². The summed E-state index contributed by atoms with van der Waals surface area (Å²) in [5, 5.41) is 6.15. The molecule has 0 saturated carbocycles. The van der Waals surface area contributed by atoms with Gasteiger partial charge in [0.2, 0.25) is 11.8 Å². The van der Waals surface area contributed by atoms with Gasteiger partial charge >= 0.3 is 6.18 Å². The average Bonchev–Trinajstić information content (AvgIpc) is 2.81. The van der Waals surface area contributed by atoms with Crippen molar-refractivity contribution in [1.82, 2.24) is 5.32 Å². The number of nitrogens with one attached hydrogen (secondary N) is 2. The lowest BCUT2D eigenvalue weighted by Gasteiger charge is -2.32. The molecule has 0 aromatic heterocycles. The van der Waals surface area contributed by atoms with Gasteiger partial charge in [-0.1, -0.05) is 41.4 Å². The molecule has 160 valence electrons. The number of hydrogen-bond donors (Lipinski definition) is 2. The van der Waals surface area contributed by atoms with Crippen LogP contribution in [0.2, 0.25) is 10.0 Å². The molecule has 10 heteroatoms. The number of hydrogen-bond acceptors (Lipinski definition) is 3. The molecule has 1 heterocycles. The van der Waals surface area contributed by atoms with Crippen molar-refractivity contribution < 1.29 is 22.8 Å². The second-order valence-corrected chi connectivity index (χ2v) is 7.70. The van der Waals surface area contributed by atoms with Crippen LogP contribution in [0.15, 0.2) is 42.5 Å². The normalized spacial score (nSPS) is 17.7. The third kappa shape index (κ3) is 4.88. The summed E-state index contributed by atoms with van der Waals surface area (Å²) in [6.07, 6.45) is -5.67. The Balaban J connectivity index is 1.86. The van der Waals surface area contributed by atoms with Gasteiger partial charge in [-0.05, 0) is 36.8 Å². The van der Waals surface area contributed by atoms with Gasteiger partial charge in [-0.15, -0.1) is 0 Å². The van der Waals surface area contributed by atoms with Crippen molar-refractivity contribution in [2.45, 2.75) is 31.6 Å². The molecule has 3 rings (SSSR count). The molecule has 2 atom stereocenters. The lowest BCUT2D eigenvalue weighted by atomic mass is 10.1. The Bertz CT molecular complexity index is 969. The van der Waals surface area contributed by atoms with E-state index in [-0.39, 0.29) is 11.4 Å². The van der Waals surface area contributed by atoms with Crippen molar-refractivity contribution in [3.8, 4) is 0 Å². The Morgan fingerprint density at radius 3 is 2.63 bits per heavy atom. The van der Waals surface area contributed by atoms with Crippen molar-refractivity contribution in [3.63, 3.8) is 0 Å². The van der Waals surface area contributed by atoms with Gasteiger partial charge < -0.3 is 10.6 Å². The molecule has 0 fully saturated rings. The van der Waals surface area contributed by atoms with Crippen LogP contribution in [0.5, 0.6) is 0 Å². The molecule has 1 aliphatic rings. The zero-order chi connectivity index (χ0) is 22.1. The summed E-state index contributed by atoms with van der Waals surface area (Å²) in [4.78, 5) is 25.6. The van der Waals surface area contributed by atoms with E-state index in [0.29, 0.717) is 20.5 Å². The van der Waals surface area contributed by atoms with Gasteiger partial charge in [-0.2, -0.15) is 13.2 Å². The quantitative estimate of drug-likeness (QED) is 0.679. The van der Waals surface area contributed by atoms with Gasteiger partial charge in [0.25, 0.3) is 0 Å². The van der Waals surface area contributed by atoms with Gasteiger partial charge in [0.15, 0.2) is 0 Å². The first-order valence-corrected chi connectivity index (χ1v) is 9.79. The summed E-state index contributed by atoms with van der Waals surface area (Å²) in [6, 6.07) is 8.05. The fourth-order valence-electron chi connectivity index (χ4n) is 3.28. The number of halogens is 5. The SMILES string of the molecule is C[C@H](NCC(=O)N1c2ccccc2NC(=O)C[C@H]1C(F)(F)F)c1ccc(Cl)cc1Cl. The Kier molecular flexibility index (Phi) is 6.59. The number of benzene rings is 2. The Morgan fingerprint density at radius 2 is 1.97 bits per heavy atom. The van der Waals surface area contributed by atoms with Gasteiger partial charge in [0.1, 0.15) is 6.04 Å². The number of anilines is 2. The summed E-state index contributed by atoms with van der Waals surface area (Å²) < 4.78 is 41.2. The predicted octanol–water partition coefficient (Wildman–Crippen LogP) is 4.95. The molecule has 2 N–H and O–H groups in total. The first-order chi connectivity index (χ1) is 14.1. The van der Waals surface area contributed by atoms with Crippen molar-refractivity contribution in [2.24, 2.45) is 0 Å². The van der Waals surface area contributed by atoms with Crippen molar-refractivity contribution in [2.75, 3.05) is 16.8 Å². The highest BCUT2D eigenvalue weighted by molar-refractivity contribution is 6.35. The van der Waals surface area contributed by atoms with Crippen LogP contribution in [0.1, 0.15) is 24.9 Å². The summed E-state index contributed by atoms with van der Waals surface area (Å²) in [7, 11) is 0. The van der Waals surface area contributed by atoms with Gasteiger partial charge in [0, 0.05) is 16.1 Å². The lowest BCUT2D eigenvalue weighted by molar-refractivity contribution is -0.157. The molecular formula is C20H18Cl2F3N3O2. The van der Waals surface area contributed by atoms with Crippen LogP contribution in [0.3, 0.4) is 0 Å². The van der Waals surface area contributed by atoms with E-state index in [0.717, 1.165) is 0 Å². The Hall–Kier alpha value is -2.29. The van der Waals surface area contributed by atoms with Crippen molar-refractivity contribution >= 4 is 46.4 Å². The highest BCUT2D eigenvalue weighted by Crippen LogP contribution is 2.37. The third-order valence-corrected chi connectivity index (χ3v) is 5.33. The molecular weight excluding hydrogens is 442 g/mol. The minimum Gasteiger partial charge on any atom is -0.324 e. The largest absolute Gasteiger partial charge is 0.409 e. The number of amides is 2. The van der Waals surface area contributed by atoms with Crippen LogP contribution in [0.4, 0.5) is 24.5 Å². The van der Waals surface area contributed by atoms with E-state index in [1.807, 2.05) is 0 Å². The zero-order valence-corrected chi connectivity index (χ0v) is 17.3. The van der Waals surface area contributed by atoms with Gasteiger partial charge in [0.05, 0.1) is 24.3 Å². The van der Waals surface area contributed by atoms with E-state index in [1.165, 1.54) is 18.2 Å². The van der Waals surface area contributed by atoms with E-state index in [9.17, 15) is 22.8 Å². The van der Waals surface area contributed by atoms with Crippen LogP contribution in [-0.4, -0.2) is 30.6 Å². The van der Waals surface area contributed by atoms with Crippen LogP contribution in [0, 0.1) is 0 Å². The van der Waals surface area contributed by atoms with E-state index in [2.05, 4.69) is 10.6 Å². The number of alkyl halides is 3. The van der Waals surface area contributed by atoms with E-state index >= 15 is 0 Å². The second-order valence-electron chi connectivity index (χ2n) is 6.86. The van der Waals surface area contributed by atoms with Crippen molar-refractivity contribution in [1.29, 1.82) is 0 Å². The van der Waals surface area contributed by atoms with Crippen LogP contribution in [0.25, 0.3) is 0 Å². The monoisotopic (exact) mass is 459 g/mol. The van der Waals surface area contributed by atoms with E-state index in [1.54, 1.807) is 31.2 Å². The minimum atomic E-state index is -4.78. The third-order valence-electron chi connectivity index (χ3n) is 4.76. The number of nitrogens with zero attached hydrogens (tertiary/aromatic N) is 1. The maximum Gasteiger partial charge on any atom is 0.409 e. The molecule has 0 saturated heterocycles. The predicted molar refractivity (Wildman–Crippen MR) is 110 cm³/mol. The molecule has 2 amide bonds. The van der Waals surface area contributed by atoms with Crippen molar-refractivity contribution in [3.05, 3.63) is 58.1 Å². The Labute approximate surface area is 181 Å². The Morgan fingerprint density at radius 1 is 1.27 bits per heavy atom. The smallest absolute Gasteiger partial charge is 0.324 e. The number of para-hydroxylation sites is 2. The van der Waals surface area contributed by atoms with Gasteiger partial charge in [-0.25, -0.2) is 0 Å². The maximum absolute atomic E-state index is 13.7. The fraction of sp³-hybridized carbons (Fsp3) is 0.300. The number of fused-ring (bicyclic) bond motifs is 1. The molecule has 30 heavy (non-hydrogen) atoms. The lowest BCUT2D eigenvalue weighted by Crippen LogP contribution is -2.52. The standard InChI is InChI=1S/C20H18Cl2F3N3O2/c1-11(13-7-6-12(21)8-14(13)22)26-10-19(30)28-16-5-3-2-4-15(16)27-18(29)9-17(28)20(23,24)25/h2-8,11,17,26H,9-10H2,1H3,(H,27,29)/t11-,17-/m0/s1. The minimum absolute atomic E-state index is 0.00495. The maximum atomic E-state index is 13.7. The number of rotatable bonds is 4. The first-order valence-electron chi connectivity index (χ1n) is 9.04. The summed E-state index contributed by atoms with van der Waals surface area (Å²) in [5.74, 6) is -1.63.